The van der Waals surface area contributed by atoms with Crippen LogP contribution in [0, 0.1) is 11.3 Å². The molecule has 0 saturated carbocycles. The number of carbonyl (C=O) groups is 1. The molecule has 5 nitrogen and oxygen atoms in total. The lowest BCUT2D eigenvalue weighted by Crippen LogP contribution is -2.36. The van der Waals surface area contributed by atoms with Gasteiger partial charge in [0.15, 0.2) is 0 Å². The van der Waals surface area contributed by atoms with Gasteiger partial charge in [0.1, 0.15) is 0 Å². The van der Waals surface area contributed by atoms with Gasteiger partial charge < -0.3 is 15.5 Å². The van der Waals surface area contributed by atoms with Crippen LogP contribution < -0.4 is 15.5 Å². The SMILES string of the molecule is C[C@@H](NC(=O)NCc1ccc(C#N)cc1)c1cccc(N2CCCC2)c1. The predicted molar refractivity (Wildman–Crippen MR) is 103 cm³/mol. The van der Waals surface area contributed by atoms with Crippen LogP contribution in [0.1, 0.15) is 42.5 Å². The second kappa shape index (κ2) is 8.39. The Labute approximate surface area is 154 Å². The first-order valence-corrected chi connectivity index (χ1v) is 9.04. The average molecular weight is 348 g/mol. The first-order chi connectivity index (χ1) is 12.7. The maximum Gasteiger partial charge on any atom is 0.315 e. The van der Waals surface area contributed by atoms with Crippen LogP contribution in [-0.4, -0.2) is 19.1 Å². The van der Waals surface area contributed by atoms with Gasteiger partial charge in [-0.05, 0) is 55.2 Å². The summed E-state index contributed by atoms with van der Waals surface area (Å²) in [7, 11) is 0. The van der Waals surface area contributed by atoms with E-state index in [4.69, 9.17) is 5.26 Å². The van der Waals surface area contributed by atoms with Gasteiger partial charge in [0.2, 0.25) is 0 Å². The predicted octanol–water partition coefficient (Wildman–Crippen LogP) is 3.72. The zero-order valence-electron chi connectivity index (χ0n) is 15.0. The monoisotopic (exact) mass is 348 g/mol. The number of hydrogen-bond donors (Lipinski definition) is 2. The van der Waals surface area contributed by atoms with E-state index in [1.54, 1.807) is 12.1 Å². The number of nitriles is 1. The quantitative estimate of drug-likeness (QED) is 0.865. The van der Waals surface area contributed by atoms with Crippen LogP contribution in [0.5, 0.6) is 0 Å². The minimum Gasteiger partial charge on any atom is -0.372 e. The van der Waals surface area contributed by atoms with Crippen LogP contribution in [0.25, 0.3) is 0 Å². The number of amides is 2. The molecule has 26 heavy (non-hydrogen) atoms. The van der Waals surface area contributed by atoms with Crippen molar-refractivity contribution in [2.45, 2.75) is 32.4 Å². The fraction of sp³-hybridized carbons (Fsp3) is 0.333. The smallest absolute Gasteiger partial charge is 0.315 e. The molecule has 134 valence electrons. The van der Waals surface area contributed by atoms with Gasteiger partial charge in [-0.15, -0.1) is 0 Å². The Morgan fingerprint density at radius 3 is 2.62 bits per heavy atom. The Morgan fingerprint density at radius 1 is 1.19 bits per heavy atom. The molecule has 1 atom stereocenters. The lowest BCUT2D eigenvalue weighted by Gasteiger charge is -2.21. The highest BCUT2D eigenvalue weighted by Crippen LogP contribution is 2.23. The van der Waals surface area contributed by atoms with E-state index in [1.165, 1.54) is 18.5 Å². The molecule has 2 aromatic rings. The van der Waals surface area contributed by atoms with Crippen molar-refractivity contribution in [3.63, 3.8) is 0 Å². The summed E-state index contributed by atoms with van der Waals surface area (Å²) in [6.45, 7) is 4.63. The van der Waals surface area contributed by atoms with Crippen LogP contribution in [0.15, 0.2) is 48.5 Å². The fourth-order valence-electron chi connectivity index (χ4n) is 3.18. The maximum atomic E-state index is 12.2. The summed E-state index contributed by atoms with van der Waals surface area (Å²) < 4.78 is 0. The van der Waals surface area contributed by atoms with Gasteiger partial charge >= 0.3 is 6.03 Å². The molecule has 0 unspecified atom stereocenters. The zero-order chi connectivity index (χ0) is 18.4. The number of anilines is 1. The van der Waals surface area contributed by atoms with Crippen molar-refractivity contribution in [3.05, 3.63) is 65.2 Å². The van der Waals surface area contributed by atoms with Crippen LogP contribution in [0.2, 0.25) is 0 Å². The molecule has 5 heteroatoms. The summed E-state index contributed by atoms with van der Waals surface area (Å²) in [6.07, 6.45) is 2.49. The van der Waals surface area contributed by atoms with E-state index in [-0.39, 0.29) is 12.1 Å². The van der Waals surface area contributed by atoms with Crippen molar-refractivity contribution >= 4 is 11.7 Å². The average Bonchev–Trinajstić information content (AvgIpc) is 3.22. The third-order valence-corrected chi connectivity index (χ3v) is 4.73. The maximum absolute atomic E-state index is 12.2. The number of nitrogens with zero attached hydrogens (tertiary/aromatic N) is 2. The molecular weight excluding hydrogens is 324 g/mol. The Hall–Kier alpha value is -3.00. The molecule has 1 aliphatic heterocycles. The molecule has 0 aliphatic carbocycles. The summed E-state index contributed by atoms with van der Waals surface area (Å²) in [5.74, 6) is 0. The molecular formula is C21H24N4O. The Bertz CT molecular complexity index is 788. The summed E-state index contributed by atoms with van der Waals surface area (Å²) in [5.41, 5.74) is 3.90. The summed E-state index contributed by atoms with van der Waals surface area (Å²) in [4.78, 5) is 14.6. The van der Waals surface area contributed by atoms with Crippen molar-refractivity contribution in [1.82, 2.24) is 10.6 Å². The number of benzene rings is 2. The molecule has 0 aromatic heterocycles. The van der Waals surface area contributed by atoms with Crippen LogP contribution in [0.4, 0.5) is 10.5 Å². The first kappa shape index (κ1) is 17.8. The highest BCUT2D eigenvalue weighted by Gasteiger charge is 2.15. The van der Waals surface area contributed by atoms with Crippen molar-refractivity contribution in [2.24, 2.45) is 0 Å². The first-order valence-electron chi connectivity index (χ1n) is 9.04. The molecule has 0 radical (unpaired) electrons. The van der Waals surface area contributed by atoms with E-state index < -0.39 is 0 Å². The van der Waals surface area contributed by atoms with Crippen molar-refractivity contribution in [3.8, 4) is 6.07 Å². The van der Waals surface area contributed by atoms with Gasteiger partial charge in [-0.1, -0.05) is 24.3 Å². The molecule has 1 fully saturated rings. The van der Waals surface area contributed by atoms with E-state index >= 15 is 0 Å². The minimum absolute atomic E-state index is 0.0708. The Balaban J connectivity index is 1.53. The molecule has 1 heterocycles. The highest BCUT2D eigenvalue weighted by molar-refractivity contribution is 5.74. The van der Waals surface area contributed by atoms with Crippen molar-refractivity contribution < 1.29 is 4.79 Å². The standard InChI is InChI=1S/C21H24N4O/c1-16(19-5-4-6-20(13-19)25-11-2-3-12-25)24-21(26)23-15-18-9-7-17(14-22)8-10-18/h4-10,13,16H,2-3,11-12,15H2,1H3,(H2,23,24,26)/t16-/m1/s1. The van der Waals surface area contributed by atoms with Crippen molar-refractivity contribution in [2.75, 3.05) is 18.0 Å². The molecule has 0 bridgehead atoms. The number of urea groups is 1. The second-order valence-electron chi connectivity index (χ2n) is 6.65. The molecule has 2 aromatic carbocycles. The van der Waals surface area contributed by atoms with Crippen LogP contribution in [-0.2, 0) is 6.54 Å². The lowest BCUT2D eigenvalue weighted by molar-refractivity contribution is 0.237. The van der Waals surface area contributed by atoms with E-state index in [0.717, 1.165) is 24.2 Å². The number of rotatable bonds is 5. The second-order valence-corrected chi connectivity index (χ2v) is 6.65. The number of carbonyl (C=O) groups excluding carboxylic acids is 1. The topological polar surface area (TPSA) is 68.2 Å². The normalized spacial score (nSPS) is 14.5. The third-order valence-electron chi connectivity index (χ3n) is 4.73. The Kier molecular flexibility index (Phi) is 5.75. The third kappa shape index (κ3) is 4.54. The molecule has 1 aliphatic rings. The fourth-order valence-corrected chi connectivity index (χ4v) is 3.18. The molecule has 2 amide bonds. The Morgan fingerprint density at radius 2 is 1.92 bits per heavy atom. The molecule has 1 saturated heterocycles. The summed E-state index contributed by atoms with van der Waals surface area (Å²) in [5, 5.41) is 14.7. The minimum atomic E-state index is -0.201. The zero-order valence-corrected chi connectivity index (χ0v) is 15.0. The molecule has 0 spiro atoms. The van der Waals surface area contributed by atoms with Gasteiger partial charge in [0.25, 0.3) is 0 Å². The largest absolute Gasteiger partial charge is 0.372 e. The van der Waals surface area contributed by atoms with E-state index in [2.05, 4.69) is 39.8 Å². The van der Waals surface area contributed by atoms with Gasteiger partial charge in [-0.2, -0.15) is 5.26 Å². The van der Waals surface area contributed by atoms with E-state index in [9.17, 15) is 4.79 Å². The van der Waals surface area contributed by atoms with Crippen LogP contribution in [0.3, 0.4) is 0 Å². The lowest BCUT2D eigenvalue weighted by atomic mass is 10.1. The number of nitrogens with one attached hydrogen (secondary N) is 2. The molecule has 3 rings (SSSR count). The van der Waals surface area contributed by atoms with E-state index in [0.29, 0.717) is 12.1 Å². The van der Waals surface area contributed by atoms with Crippen LogP contribution >= 0.6 is 0 Å². The number of hydrogen-bond acceptors (Lipinski definition) is 3. The summed E-state index contributed by atoms with van der Waals surface area (Å²) in [6, 6.07) is 17.4. The van der Waals surface area contributed by atoms with Crippen molar-refractivity contribution in [1.29, 1.82) is 5.26 Å². The molecule has 2 N–H and O–H groups in total. The van der Waals surface area contributed by atoms with Gasteiger partial charge in [0, 0.05) is 25.3 Å². The van der Waals surface area contributed by atoms with Gasteiger partial charge in [-0.25, -0.2) is 4.79 Å². The highest BCUT2D eigenvalue weighted by atomic mass is 16.2. The van der Waals surface area contributed by atoms with Gasteiger partial charge in [-0.3, -0.25) is 0 Å². The van der Waals surface area contributed by atoms with E-state index in [1.807, 2.05) is 25.1 Å². The van der Waals surface area contributed by atoms with Gasteiger partial charge in [0.05, 0.1) is 17.7 Å². The summed E-state index contributed by atoms with van der Waals surface area (Å²) >= 11 is 0.